The van der Waals surface area contributed by atoms with Crippen molar-refractivity contribution in [1.29, 1.82) is 0 Å². The van der Waals surface area contributed by atoms with Gasteiger partial charge in [0.2, 0.25) is 17.7 Å². The normalized spacial score (nSPS) is 17.6. The minimum atomic E-state index is 0.246. The van der Waals surface area contributed by atoms with Crippen molar-refractivity contribution in [3.05, 3.63) is 66.1 Å². The molecular weight excluding hydrogens is 290 g/mol. The van der Waals surface area contributed by atoms with Crippen LogP contribution in [0.25, 0.3) is 0 Å². The summed E-state index contributed by atoms with van der Waals surface area (Å²) in [6.07, 6.45) is 5.18. The van der Waals surface area contributed by atoms with Crippen LogP contribution in [0.4, 0.5) is 5.95 Å². The highest BCUT2D eigenvalue weighted by atomic mass is 16.4. The quantitative estimate of drug-likeness (QED) is 0.737. The second-order valence-corrected chi connectivity index (χ2v) is 5.68. The van der Waals surface area contributed by atoms with Gasteiger partial charge in [0.1, 0.15) is 0 Å². The van der Waals surface area contributed by atoms with E-state index < -0.39 is 0 Å². The molecule has 3 heterocycles. The standard InChI is InChI=1S/C17H17N5O/c1-2-5-13(6-3-1)11-15-20-21-16(23-15)14-7-10-22(12-14)17-18-8-4-9-19-17/h1-6,8-9,14H,7,10-12H2/t14-/m0/s1. The fraction of sp³-hybridized carbons (Fsp3) is 0.294. The van der Waals surface area contributed by atoms with Crippen molar-refractivity contribution in [3.8, 4) is 0 Å². The number of nitrogens with zero attached hydrogens (tertiary/aromatic N) is 5. The Bertz CT molecular complexity index is 759. The van der Waals surface area contributed by atoms with E-state index >= 15 is 0 Å². The second kappa shape index (κ2) is 6.16. The molecule has 4 rings (SSSR count). The molecule has 0 saturated carbocycles. The lowest BCUT2D eigenvalue weighted by Gasteiger charge is -2.14. The smallest absolute Gasteiger partial charge is 0.225 e. The largest absolute Gasteiger partial charge is 0.425 e. The van der Waals surface area contributed by atoms with Crippen molar-refractivity contribution >= 4 is 5.95 Å². The van der Waals surface area contributed by atoms with Gasteiger partial charge >= 0.3 is 0 Å². The van der Waals surface area contributed by atoms with Gasteiger partial charge in [-0.05, 0) is 18.1 Å². The molecule has 0 N–H and O–H groups in total. The first-order chi connectivity index (χ1) is 11.4. The summed E-state index contributed by atoms with van der Waals surface area (Å²) in [5.41, 5.74) is 1.17. The summed E-state index contributed by atoms with van der Waals surface area (Å²) in [5, 5.41) is 8.43. The van der Waals surface area contributed by atoms with Gasteiger partial charge in [-0.2, -0.15) is 0 Å². The molecule has 0 amide bonds. The maximum atomic E-state index is 5.87. The highest BCUT2D eigenvalue weighted by Crippen LogP contribution is 2.28. The Morgan fingerprint density at radius 2 is 1.87 bits per heavy atom. The fourth-order valence-corrected chi connectivity index (χ4v) is 2.87. The van der Waals surface area contributed by atoms with Gasteiger partial charge in [-0.25, -0.2) is 9.97 Å². The van der Waals surface area contributed by atoms with E-state index in [-0.39, 0.29) is 5.92 Å². The van der Waals surface area contributed by atoms with Gasteiger partial charge in [0, 0.05) is 25.5 Å². The predicted molar refractivity (Wildman–Crippen MR) is 85.1 cm³/mol. The zero-order valence-electron chi connectivity index (χ0n) is 12.7. The van der Waals surface area contributed by atoms with E-state index in [0.29, 0.717) is 12.3 Å². The van der Waals surface area contributed by atoms with Crippen LogP contribution in [0.5, 0.6) is 0 Å². The van der Waals surface area contributed by atoms with E-state index in [1.54, 1.807) is 12.4 Å². The molecule has 1 atom stereocenters. The monoisotopic (exact) mass is 307 g/mol. The molecule has 0 bridgehead atoms. The van der Waals surface area contributed by atoms with Crippen molar-refractivity contribution in [1.82, 2.24) is 20.2 Å². The number of anilines is 1. The van der Waals surface area contributed by atoms with E-state index in [1.165, 1.54) is 5.56 Å². The minimum Gasteiger partial charge on any atom is -0.425 e. The number of benzene rings is 1. The Labute approximate surface area is 134 Å². The Morgan fingerprint density at radius 3 is 2.70 bits per heavy atom. The summed E-state index contributed by atoms with van der Waals surface area (Å²) in [4.78, 5) is 10.8. The molecule has 23 heavy (non-hydrogen) atoms. The number of hydrogen-bond acceptors (Lipinski definition) is 6. The van der Waals surface area contributed by atoms with Crippen LogP contribution in [-0.4, -0.2) is 33.3 Å². The molecule has 0 radical (unpaired) electrons. The topological polar surface area (TPSA) is 67.9 Å². The van der Waals surface area contributed by atoms with Gasteiger partial charge in [0.15, 0.2) is 0 Å². The molecule has 0 aliphatic carbocycles. The van der Waals surface area contributed by atoms with Gasteiger partial charge < -0.3 is 9.32 Å². The molecule has 2 aromatic heterocycles. The van der Waals surface area contributed by atoms with Crippen LogP contribution in [0.3, 0.4) is 0 Å². The lowest BCUT2D eigenvalue weighted by Crippen LogP contribution is -2.21. The first-order valence-corrected chi connectivity index (χ1v) is 7.76. The lowest BCUT2D eigenvalue weighted by atomic mass is 10.1. The van der Waals surface area contributed by atoms with E-state index in [4.69, 9.17) is 4.42 Å². The van der Waals surface area contributed by atoms with Gasteiger partial charge in [-0.1, -0.05) is 30.3 Å². The molecule has 116 valence electrons. The van der Waals surface area contributed by atoms with Crippen molar-refractivity contribution in [3.63, 3.8) is 0 Å². The number of aromatic nitrogens is 4. The van der Waals surface area contributed by atoms with E-state index in [9.17, 15) is 0 Å². The van der Waals surface area contributed by atoms with Crippen molar-refractivity contribution < 1.29 is 4.42 Å². The van der Waals surface area contributed by atoms with Crippen molar-refractivity contribution in [2.24, 2.45) is 0 Å². The summed E-state index contributed by atoms with van der Waals surface area (Å²) >= 11 is 0. The zero-order valence-corrected chi connectivity index (χ0v) is 12.7. The number of hydrogen-bond donors (Lipinski definition) is 0. The summed E-state index contributed by atoms with van der Waals surface area (Å²) in [5.74, 6) is 2.39. The van der Waals surface area contributed by atoms with Gasteiger partial charge in [-0.3, -0.25) is 0 Å². The number of rotatable bonds is 4. The van der Waals surface area contributed by atoms with Crippen LogP contribution in [0.2, 0.25) is 0 Å². The van der Waals surface area contributed by atoms with Crippen molar-refractivity contribution in [2.45, 2.75) is 18.8 Å². The molecule has 0 unspecified atom stereocenters. The van der Waals surface area contributed by atoms with Gasteiger partial charge in [-0.15, -0.1) is 10.2 Å². The Kier molecular flexibility index (Phi) is 3.71. The first kappa shape index (κ1) is 13.9. The first-order valence-electron chi connectivity index (χ1n) is 7.76. The molecular formula is C17H17N5O. The third-order valence-electron chi connectivity index (χ3n) is 4.05. The van der Waals surface area contributed by atoms with Crippen LogP contribution >= 0.6 is 0 Å². The molecule has 1 fully saturated rings. The van der Waals surface area contributed by atoms with Crippen LogP contribution in [0.1, 0.15) is 29.7 Å². The fourth-order valence-electron chi connectivity index (χ4n) is 2.87. The summed E-state index contributed by atoms with van der Waals surface area (Å²) < 4.78 is 5.87. The van der Waals surface area contributed by atoms with Crippen LogP contribution in [-0.2, 0) is 6.42 Å². The second-order valence-electron chi connectivity index (χ2n) is 5.68. The van der Waals surface area contributed by atoms with Crippen LogP contribution in [0.15, 0.2) is 53.2 Å². The predicted octanol–water partition coefficient (Wildman–Crippen LogP) is 2.44. The molecule has 1 aliphatic heterocycles. The van der Waals surface area contributed by atoms with E-state index in [2.05, 4.69) is 37.2 Å². The minimum absolute atomic E-state index is 0.246. The Hall–Kier alpha value is -2.76. The SMILES string of the molecule is c1ccc(Cc2nnc([C@H]3CCN(c4ncccn4)C3)o2)cc1. The van der Waals surface area contributed by atoms with Crippen molar-refractivity contribution in [2.75, 3.05) is 18.0 Å². The third-order valence-corrected chi connectivity index (χ3v) is 4.05. The molecule has 1 aromatic carbocycles. The summed E-state index contributed by atoms with van der Waals surface area (Å²) in [6, 6.07) is 12.0. The van der Waals surface area contributed by atoms with Crippen LogP contribution in [0, 0.1) is 0 Å². The lowest BCUT2D eigenvalue weighted by molar-refractivity contribution is 0.430. The molecule has 1 saturated heterocycles. The van der Waals surface area contributed by atoms with Gasteiger partial charge in [0.05, 0.1) is 12.3 Å². The summed E-state index contributed by atoms with van der Waals surface area (Å²) in [7, 11) is 0. The zero-order chi connectivity index (χ0) is 15.5. The highest BCUT2D eigenvalue weighted by molar-refractivity contribution is 5.31. The van der Waals surface area contributed by atoms with Crippen LogP contribution < -0.4 is 4.90 Å². The Morgan fingerprint density at radius 1 is 1.04 bits per heavy atom. The summed E-state index contributed by atoms with van der Waals surface area (Å²) in [6.45, 7) is 1.72. The molecule has 0 spiro atoms. The third kappa shape index (κ3) is 3.06. The van der Waals surface area contributed by atoms with E-state index in [1.807, 2.05) is 24.3 Å². The Balaban J connectivity index is 1.44. The molecule has 3 aromatic rings. The molecule has 6 nitrogen and oxygen atoms in total. The average molecular weight is 307 g/mol. The average Bonchev–Trinajstić information content (AvgIpc) is 3.26. The maximum absolute atomic E-state index is 5.87. The van der Waals surface area contributed by atoms with Gasteiger partial charge in [0.25, 0.3) is 0 Å². The van der Waals surface area contributed by atoms with E-state index in [0.717, 1.165) is 31.3 Å². The highest BCUT2D eigenvalue weighted by Gasteiger charge is 2.29. The molecule has 6 heteroatoms. The maximum Gasteiger partial charge on any atom is 0.225 e. The molecule has 1 aliphatic rings.